The van der Waals surface area contributed by atoms with Crippen molar-refractivity contribution in [2.24, 2.45) is 0 Å². The van der Waals surface area contributed by atoms with E-state index in [4.69, 9.17) is 4.74 Å². The highest BCUT2D eigenvalue weighted by molar-refractivity contribution is 5.76. The SMILES string of the molecule is COc1ccc(C=C(F)c2ccc(C(F)(F)F)cc2)cc1. The van der Waals surface area contributed by atoms with Gasteiger partial charge in [0.1, 0.15) is 11.6 Å². The number of halogens is 4. The van der Waals surface area contributed by atoms with Gasteiger partial charge in [-0.3, -0.25) is 0 Å². The van der Waals surface area contributed by atoms with E-state index in [0.29, 0.717) is 11.3 Å². The van der Waals surface area contributed by atoms with E-state index in [-0.39, 0.29) is 5.56 Å². The lowest BCUT2D eigenvalue weighted by Gasteiger charge is -2.07. The minimum absolute atomic E-state index is 0.0961. The average molecular weight is 296 g/mol. The summed E-state index contributed by atoms with van der Waals surface area (Å²) < 4.78 is 56.2. The van der Waals surface area contributed by atoms with Crippen LogP contribution in [0.4, 0.5) is 17.6 Å². The first-order chi connectivity index (χ1) is 9.90. The summed E-state index contributed by atoms with van der Waals surface area (Å²) in [7, 11) is 1.52. The molecule has 0 atom stereocenters. The zero-order chi connectivity index (χ0) is 15.5. The highest BCUT2D eigenvalue weighted by atomic mass is 19.4. The van der Waals surface area contributed by atoms with Gasteiger partial charge in [0, 0.05) is 5.56 Å². The molecule has 0 radical (unpaired) electrons. The fraction of sp³-hybridized carbons (Fsp3) is 0.125. The molecular formula is C16H12F4O. The van der Waals surface area contributed by atoms with Crippen LogP contribution in [0.15, 0.2) is 48.5 Å². The minimum atomic E-state index is -4.42. The topological polar surface area (TPSA) is 9.23 Å². The Morgan fingerprint density at radius 1 is 0.952 bits per heavy atom. The Balaban J connectivity index is 2.22. The Bertz CT molecular complexity index is 625. The monoisotopic (exact) mass is 296 g/mol. The molecular weight excluding hydrogens is 284 g/mol. The summed E-state index contributed by atoms with van der Waals surface area (Å²) in [4.78, 5) is 0. The fourth-order valence-electron chi connectivity index (χ4n) is 1.75. The third-order valence-electron chi connectivity index (χ3n) is 2.90. The molecule has 0 heterocycles. The van der Waals surface area contributed by atoms with Crippen LogP contribution in [0.2, 0.25) is 0 Å². The van der Waals surface area contributed by atoms with Crippen LogP contribution in [0.1, 0.15) is 16.7 Å². The molecule has 0 saturated carbocycles. The van der Waals surface area contributed by atoms with E-state index in [1.54, 1.807) is 24.3 Å². The summed E-state index contributed by atoms with van der Waals surface area (Å²) in [5.41, 5.74) is -0.115. The summed E-state index contributed by atoms with van der Waals surface area (Å²) in [6.45, 7) is 0. The fourth-order valence-corrected chi connectivity index (χ4v) is 1.75. The van der Waals surface area contributed by atoms with Crippen molar-refractivity contribution in [3.8, 4) is 5.75 Å². The van der Waals surface area contributed by atoms with Crippen molar-refractivity contribution in [2.75, 3.05) is 7.11 Å². The van der Waals surface area contributed by atoms with Crippen molar-refractivity contribution in [3.63, 3.8) is 0 Å². The van der Waals surface area contributed by atoms with Crippen LogP contribution in [0.3, 0.4) is 0 Å². The number of ether oxygens (including phenoxy) is 1. The maximum absolute atomic E-state index is 14.0. The molecule has 0 amide bonds. The lowest BCUT2D eigenvalue weighted by Crippen LogP contribution is -2.04. The predicted molar refractivity (Wildman–Crippen MR) is 73.4 cm³/mol. The Morgan fingerprint density at radius 3 is 2.00 bits per heavy atom. The van der Waals surface area contributed by atoms with Crippen LogP contribution < -0.4 is 4.74 Å². The second-order valence-electron chi connectivity index (χ2n) is 4.34. The molecule has 0 bridgehead atoms. The van der Waals surface area contributed by atoms with Gasteiger partial charge in [0.2, 0.25) is 0 Å². The van der Waals surface area contributed by atoms with Crippen LogP contribution in [-0.2, 0) is 6.18 Å². The minimum Gasteiger partial charge on any atom is -0.497 e. The Labute approximate surface area is 119 Å². The van der Waals surface area contributed by atoms with E-state index in [1.807, 2.05) is 0 Å². The van der Waals surface area contributed by atoms with Gasteiger partial charge in [-0.2, -0.15) is 13.2 Å². The van der Waals surface area contributed by atoms with Gasteiger partial charge in [-0.1, -0.05) is 24.3 Å². The largest absolute Gasteiger partial charge is 0.497 e. The number of hydrogen-bond donors (Lipinski definition) is 0. The summed E-state index contributed by atoms with van der Waals surface area (Å²) in [5.74, 6) is 0.0379. The summed E-state index contributed by atoms with van der Waals surface area (Å²) in [6, 6.07) is 10.6. The zero-order valence-electron chi connectivity index (χ0n) is 11.1. The molecule has 5 heteroatoms. The average Bonchev–Trinajstić information content (AvgIpc) is 2.47. The molecule has 2 rings (SSSR count). The highest BCUT2D eigenvalue weighted by Crippen LogP contribution is 2.30. The third kappa shape index (κ3) is 3.84. The van der Waals surface area contributed by atoms with Crippen LogP contribution in [-0.4, -0.2) is 7.11 Å². The molecule has 110 valence electrons. The highest BCUT2D eigenvalue weighted by Gasteiger charge is 2.30. The molecule has 21 heavy (non-hydrogen) atoms. The molecule has 2 aromatic carbocycles. The number of rotatable bonds is 3. The van der Waals surface area contributed by atoms with E-state index in [0.717, 1.165) is 24.3 Å². The quantitative estimate of drug-likeness (QED) is 0.560. The van der Waals surface area contributed by atoms with Crippen LogP contribution in [0.5, 0.6) is 5.75 Å². The summed E-state index contributed by atoms with van der Waals surface area (Å²) >= 11 is 0. The molecule has 0 N–H and O–H groups in total. The molecule has 0 fully saturated rings. The van der Waals surface area contributed by atoms with Crippen molar-refractivity contribution in [1.82, 2.24) is 0 Å². The molecule has 0 unspecified atom stereocenters. The van der Waals surface area contributed by atoms with E-state index >= 15 is 0 Å². The molecule has 0 aliphatic heterocycles. The van der Waals surface area contributed by atoms with Gasteiger partial charge in [-0.05, 0) is 35.9 Å². The molecule has 0 saturated heterocycles. The third-order valence-corrected chi connectivity index (χ3v) is 2.90. The molecule has 0 aliphatic rings. The first-order valence-electron chi connectivity index (χ1n) is 6.09. The van der Waals surface area contributed by atoms with Crippen LogP contribution >= 0.6 is 0 Å². The van der Waals surface area contributed by atoms with Crippen molar-refractivity contribution in [3.05, 3.63) is 65.2 Å². The Kier molecular flexibility index (Phi) is 4.31. The van der Waals surface area contributed by atoms with Crippen molar-refractivity contribution < 1.29 is 22.3 Å². The second-order valence-corrected chi connectivity index (χ2v) is 4.34. The number of alkyl halides is 3. The zero-order valence-corrected chi connectivity index (χ0v) is 11.1. The molecule has 0 aliphatic carbocycles. The van der Waals surface area contributed by atoms with Gasteiger partial charge in [-0.15, -0.1) is 0 Å². The van der Waals surface area contributed by atoms with Gasteiger partial charge < -0.3 is 4.74 Å². The van der Waals surface area contributed by atoms with Gasteiger partial charge in [-0.25, -0.2) is 4.39 Å². The van der Waals surface area contributed by atoms with Gasteiger partial charge in [0.15, 0.2) is 0 Å². The Hall–Kier alpha value is -2.30. The van der Waals surface area contributed by atoms with Crippen molar-refractivity contribution >= 4 is 11.9 Å². The van der Waals surface area contributed by atoms with E-state index < -0.39 is 17.6 Å². The van der Waals surface area contributed by atoms with Crippen LogP contribution in [0, 0.1) is 0 Å². The van der Waals surface area contributed by atoms with Gasteiger partial charge in [0.05, 0.1) is 12.7 Å². The van der Waals surface area contributed by atoms with Gasteiger partial charge in [0.25, 0.3) is 0 Å². The molecule has 2 aromatic rings. The van der Waals surface area contributed by atoms with E-state index in [2.05, 4.69) is 0 Å². The van der Waals surface area contributed by atoms with Crippen molar-refractivity contribution in [2.45, 2.75) is 6.18 Å². The number of benzene rings is 2. The lowest BCUT2D eigenvalue weighted by atomic mass is 10.1. The number of hydrogen-bond acceptors (Lipinski definition) is 1. The summed E-state index contributed by atoms with van der Waals surface area (Å²) in [6.07, 6.45) is -3.17. The van der Waals surface area contributed by atoms with Gasteiger partial charge >= 0.3 is 6.18 Å². The molecule has 0 spiro atoms. The van der Waals surface area contributed by atoms with Crippen LogP contribution in [0.25, 0.3) is 11.9 Å². The smallest absolute Gasteiger partial charge is 0.416 e. The van der Waals surface area contributed by atoms with Crippen molar-refractivity contribution in [1.29, 1.82) is 0 Å². The second kappa shape index (κ2) is 5.99. The molecule has 1 nitrogen and oxygen atoms in total. The summed E-state index contributed by atoms with van der Waals surface area (Å²) in [5, 5.41) is 0. The van der Waals surface area contributed by atoms with E-state index in [1.165, 1.54) is 13.2 Å². The number of methoxy groups -OCH3 is 1. The predicted octanol–water partition coefficient (Wildman–Crippen LogP) is 5.18. The lowest BCUT2D eigenvalue weighted by molar-refractivity contribution is -0.137. The maximum atomic E-state index is 14.0. The normalized spacial score (nSPS) is 12.3. The van der Waals surface area contributed by atoms with E-state index in [9.17, 15) is 17.6 Å². The maximum Gasteiger partial charge on any atom is 0.416 e. The first-order valence-corrected chi connectivity index (χ1v) is 6.09. The Morgan fingerprint density at radius 2 is 1.52 bits per heavy atom. The first kappa shape index (κ1) is 15.1. The standard InChI is InChI=1S/C16H12F4O/c1-21-14-8-2-11(3-9-14)10-15(17)12-4-6-13(7-5-12)16(18,19)20/h2-10H,1H3. The molecule has 0 aromatic heterocycles.